The van der Waals surface area contributed by atoms with E-state index in [1.165, 1.54) is 13.8 Å². The molecule has 0 unspecified atom stereocenters. The van der Waals surface area contributed by atoms with Crippen molar-refractivity contribution in [1.82, 2.24) is 14.6 Å². The van der Waals surface area contributed by atoms with Gasteiger partial charge >= 0.3 is 19.4 Å². The van der Waals surface area contributed by atoms with Gasteiger partial charge in [-0.1, -0.05) is 25.1 Å². The van der Waals surface area contributed by atoms with Crippen molar-refractivity contribution in [3.8, 4) is 5.75 Å². The predicted molar refractivity (Wildman–Crippen MR) is 128 cm³/mol. The van der Waals surface area contributed by atoms with Gasteiger partial charge < -0.3 is 14.0 Å². The number of benzene rings is 1. The summed E-state index contributed by atoms with van der Waals surface area (Å²) in [6.07, 6.45) is -1.56. The number of alkyl halides is 1. The fourth-order valence-corrected chi connectivity index (χ4v) is 5.15. The van der Waals surface area contributed by atoms with Crippen molar-refractivity contribution < 1.29 is 32.3 Å². The van der Waals surface area contributed by atoms with Crippen molar-refractivity contribution in [2.75, 3.05) is 6.61 Å². The lowest BCUT2D eigenvalue weighted by atomic mass is 9.90. The first-order chi connectivity index (χ1) is 16.8. The summed E-state index contributed by atoms with van der Waals surface area (Å²) in [5.41, 5.74) is -3.50. The summed E-state index contributed by atoms with van der Waals surface area (Å²) in [6.45, 7) is 7.24. The molecule has 1 fully saturated rings. The molecule has 2 aromatic rings. The van der Waals surface area contributed by atoms with Gasteiger partial charge in [-0.2, -0.15) is 5.09 Å². The van der Waals surface area contributed by atoms with Crippen molar-refractivity contribution in [3.63, 3.8) is 0 Å². The molecule has 0 saturated carbocycles. The van der Waals surface area contributed by atoms with Gasteiger partial charge in [-0.3, -0.25) is 23.7 Å². The van der Waals surface area contributed by atoms with Gasteiger partial charge in [0, 0.05) is 18.2 Å². The molecule has 36 heavy (non-hydrogen) atoms. The van der Waals surface area contributed by atoms with E-state index in [0.717, 1.165) is 16.8 Å². The van der Waals surface area contributed by atoms with E-state index in [9.17, 15) is 18.9 Å². The zero-order valence-corrected chi connectivity index (χ0v) is 21.6. The van der Waals surface area contributed by atoms with Crippen molar-refractivity contribution in [1.29, 1.82) is 0 Å². The molecule has 0 amide bonds. The number of H-pyrrole nitrogens is 1. The van der Waals surface area contributed by atoms with Crippen LogP contribution in [0, 0.1) is 5.92 Å². The summed E-state index contributed by atoms with van der Waals surface area (Å²) in [6, 6.07) is 8.21. The van der Waals surface area contributed by atoms with Crippen LogP contribution in [0.25, 0.3) is 0 Å². The third kappa shape index (κ3) is 6.50. The summed E-state index contributed by atoms with van der Waals surface area (Å²) >= 11 is 0. The number of esters is 1. The van der Waals surface area contributed by atoms with Gasteiger partial charge in [-0.25, -0.2) is 13.8 Å². The number of carbonyl (C=O) groups is 1. The molecule has 11 nitrogen and oxygen atoms in total. The maximum atomic E-state index is 15.7. The Kier molecular flexibility index (Phi) is 8.55. The highest BCUT2D eigenvalue weighted by Crippen LogP contribution is 2.49. The van der Waals surface area contributed by atoms with Crippen molar-refractivity contribution in [3.05, 3.63) is 63.4 Å². The van der Waals surface area contributed by atoms with Gasteiger partial charge in [-0.05, 0) is 39.8 Å². The lowest BCUT2D eigenvalue weighted by molar-refractivity contribution is -0.149. The average molecular weight is 527 g/mol. The van der Waals surface area contributed by atoms with Gasteiger partial charge in [0.05, 0.1) is 18.8 Å². The predicted octanol–water partition coefficient (Wildman–Crippen LogP) is 2.93. The Labute approximate surface area is 207 Å². The molecule has 13 heteroatoms. The molecule has 2 N–H and O–H groups in total. The van der Waals surface area contributed by atoms with E-state index in [4.69, 9.17) is 18.5 Å². The van der Waals surface area contributed by atoms with Crippen LogP contribution in [0.4, 0.5) is 4.39 Å². The number of hydrogen-bond donors (Lipinski definition) is 2. The topological polar surface area (TPSA) is 138 Å². The Balaban J connectivity index is 1.80. The zero-order valence-electron chi connectivity index (χ0n) is 20.7. The second-order valence-electron chi connectivity index (χ2n) is 9.02. The largest absolute Gasteiger partial charge is 0.462 e. The minimum atomic E-state index is -4.19. The second-order valence-corrected chi connectivity index (χ2v) is 10.7. The van der Waals surface area contributed by atoms with Gasteiger partial charge in [0.1, 0.15) is 11.8 Å². The molecule has 1 aromatic carbocycles. The van der Waals surface area contributed by atoms with E-state index < -0.39 is 61.5 Å². The Hall–Kier alpha value is -2.79. The molecule has 0 bridgehead atoms. The average Bonchev–Trinajstić information content (AvgIpc) is 3.01. The molecule has 0 radical (unpaired) electrons. The van der Waals surface area contributed by atoms with Crippen LogP contribution < -0.4 is 20.9 Å². The van der Waals surface area contributed by atoms with E-state index >= 15 is 4.39 Å². The zero-order chi connectivity index (χ0) is 26.7. The Morgan fingerprint density at radius 3 is 2.53 bits per heavy atom. The van der Waals surface area contributed by atoms with Crippen molar-refractivity contribution >= 4 is 13.7 Å². The first kappa shape index (κ1) is 27.8. The Morgan fingerprint density at radius 2 is 1.92 bits per heavy atom. The summed E-state index contributed by atoms with van der Waals surface area (Å²) in [5, 5.41) is 2.56. The molecule has 0 spiro atoms. The van der Waals surface area contributed by atoms with Gasteiger partial charge in [0.2, 0.25) is 0 Å². The van der Waals surface area contributed by atoms with E-state index in [1.807, 2.05) is 0 Å². The number of ether oxygens (including phenoxy) is 2. The van der Waals surface area contributed by atoms with E-state index in [0.29, 0.717) is 0 Å². The number of hydrogen-bond acceptors (Lipinski definition) is 8. The lowest BCUT2D eigenvalue weighted by Gasteiger charge is -2.26. The fraction of sp³-hybridized carbons (Fsp3) is 0.522. The lowest BCUT2D eigenvalue weighted by Crippen LogP contribution is -2.40. The summed E-state index contributed by atoms with van der Waals surface area (Å²) in [5.74, 6) is -1.26. The Morgan fingerprint density at radius 1 is 1.25 bits per heavy atom. The molecular weight excluding hydrogens is 496 g/mol. The van der Waals surface area contributed by atoms with Gasteiger partial charge in [0.15, 0.2) is 11.9 Å². The minimum Gasteiger partial charge on any atom is -0.462 e. The number of aromatic amines is 1. The van der Waals surface area contributed by atoms with Crippen LogP contribution in [0.1, 0.15) is 40.8 Å². The summed E-state index contributed by atoms with van der Waals surface area (Å²) in [4.78, 5) is 38.0. The molecule has 0 aliphatic carbocycles. The third-order valence-electron chi connectivity index (χ3n) is 5.77. The highest BCUT2D eigenvalue weighted by Gasteiger charge is 2.54. The molecule has 2 heterocycles. The molecular formula is C23H31FN3O8P. The molecule has 1 aliphatic heterocycles. The Bertz CT molecular complexity index is 1220. The van der Waals surface area contributed by atoms with Crippen LogP contribution in [0.5, 0.6) is 5.75 Å². The molecule has 3 rings (SSSR count). The van der Waals surface area contributed by atoms with Crippen LogP contribution >= 0.6 is 7.75 Å². The first-order valence-corrected chi connectivity index (χ1v) is 13.0. The second kappa shape index (κ2) is 11.1. The monoisotopic (exact) mass is 527 g/mol. The number of carbonyl (C=O) groups excluding carboxylic acids is 1. The molecule has 6 atom stereocenters. The highest BCUT2D eigenvalue weighted by atomic mass is 31.2. The van der Waals surface area contributed by atoms with E-state index in [1.54, 1.807) is 51.1 Å². The van der Waals surface area contributed by atoms with Crippen LogP contribution in [0.2, 0.25) is 0 Å². The highest BCUT2D eigenvalue weighted by molar-refractivity contribution is 7.52. The number of nitrogens with zero attached hydrogens (tertiary/aromatic N) is 1. The third-order valence-corrected chi connectivity index (χ3v) is 7.42. The normalized spacial score (nSPS) is 26.4. The number of nitrogens with one attached hydrogen (secondary N) is 2. The van der Waals surface area contributed by atoms with Crippen molar-refractivity contribution in [2.45, 2.75) is 64.8 Å². The van der Waals surface area contributed by atoms with Crippen molar-refractivity contribution in [2.24, 2.45) is 5.92 Å². The smallest absolute Gasteiger partial charge is 0.459 e. The molecule has 1 aromatic heterocycles. The van der Waals surface area contributed by atoms with Crippen LogP contribution in [-0.2, 0) is 23.4 Å². The quantitative estimate of drug-likeness (QED) is 0.353. The summed E-state index contributed by atoms with van der Waals surface area (Å²) in [7, 11) is -4.19. The van der Waals surface area contributed by atoms with E-state index in [-0.39, 0.29) is 11.9 Å². The fourth-order valence-electron chi connectivity index (χ4n) is 3.64. The number of halogens is 1. The van der Waals surface area contributed by atoms with E-state index in [2.05, 4.69) is 10.1 Å². The van der Waals surface area contributed by atoms with Gasteiger partial charge in [-0.15, -0.1) is 0 Å². The molecule has 1 saturated heterocycles. The van der Waals surface area contributed by atoms with Gasteiger partial charge in [0.25, 0.3) is 5.56 Å². The van der Waals surface area contributed by atoms with Crippen LogP contribution in [-0.4, -0.2) is 46.0 Å². The molecule has 198 valence electrons. The maximum absolute atomic E-state index is 15.7. The molecule has 1 aliphatic rings. The number of para-hydroxylation sites is 1. The number of rotatable bonds is 10. The number of aromatic nitrogens is 2. The SMILES string of the molecule is CC(C)OC(=O)[C@H](C)N[P@@](=O)(OC[C@H]1O[C@@H](n2ccc(=O)[nH]c2=O)[C@](C)(F)[C@@H]1C)Oc1ccccc1. The summed E-state index contributed by atoms with van der Waals surface area (Å²) < 4.78 is 52.4. The standard InChI is InChI=1S/C23H31FN3O8P/c1-14(2)33-20(29)16(4)26-36(31,35-17-9-7-6-8-10-17)32-13-18-15(3)23(5,24)21(34-18)27-12-11-19(28)25-22(27)30/h6-12,14-16,18,21H,13H2,1-5H3,(H,26,31)(H,25,28,30)/t15-,16+,18-,21-,23-,36-/m1/s1. The van der Waals surface area contributed by atoms with Crippen LogP contribution in [0.15, 0.2) is 52.2 Å². The minimum absolute atomic E-state index is 0.214. The first-order valence-electron chi connectivity index (χ1n) is 11.5. The van der Waals surface area contributed by atoms with Crippen LogP contribution in [0.3, 0.4) is 0 Å². The maximum Gasteiger partial charge on any atom is 0.459 e.